The number of fused-ring (bicyclic) bond motifs is 1. The van der Waals surface area contributed by atoms with E-state index in [-0.39, 0.29) is 5.91 Å². The number of rotatable bonds is 1. The molecule has 3 nitrogen and oxygen atoms in total. The molecular weight excluding hydrogens is 236 g/mol. The summed E-state index contributed by atoms with van der Waals surface area (Å²) in [5, 5.41) is 9.00. The van der Waals surface area contributed by atoms with E-state index < -0.39 is 0 Å². The normalized spacial score (nSPS) is 25.6. The van der Waals surface area contributed by atoms with Crippen molar-refractivity contribution in [3.63, 3.8) is 0 Å². The number of carbonyl (C=O) groups is 1. The van der Waals surface area contributed by atoms with E-state index in [1.807, 2.05) is 23.1 Å². The second-order valence-corrected chi connectivity index (χ2v) is 5.85. The van der Waals surface area contributed by atoms with Gasteiger partial charge in [-0.1, -0.05) is 6.92 Å². The summed E-state index contributed by atoms with van der Waals surface area (Å²) in [4.78, 5) is 14.0. The molecule has 1 aliphatic heterocycles. The molecule has 19 heavy (non-hydrogen) atoms. The molecule has 0 N–H and O–H groups in total. The molecule has 98 valence electrons. The van der Waals surface area contributed by atoms with Gasteiger partial charge in [-0.3, -0.25) is 4.79 Å². The van der Waals surface area contributed by atoms with Gasteiger partial charge < -0.3 is 4.90 Å². The highest BCUT2D eigenvalue weighted by Crippen LogP contribution is 2.45. The predicted octanol–water partition coefficient (Wildman–Crippen LogP) is 2.88. The molecule has 0 aromatic heterocycles. The van der Waals surface area contributed by atoms with Crippen LogP contribution >= 0.6 is 0 Å². The molecule has 1 fully saturated rings. The average Bonchev–Trinajstić information content (AvgIpc) is 3.20. The quantitative estimate of drug-likeness (QED) is 0.773. The molecule has 1 aromatic rings. The zero-order chi connectivity index (χ0) is 13.6. The first-order valence-electron chi connectivity index (χ1n) is 6.94. The first kappa shape index (κ1) is 12.2. The number of benzene rings is 1. The fraction of sp³-hybridized carbons (Fsp3) is 0.500. The molecule has 0 bridgehead atoms. The van der Waals surface area contributed by atoms with Gasteiger partial charge >= 0.3 is 0 Å². The van der Waals surface area contributed by atoms with Gasteiger partial charge in [-0.15, -0.1) is 0 Å². The van der Waals surface area contributed by atoms with Crippen LogP contribution in [0.25, 0.3) is 0 Å². The lowest BCUT2D eigenvalue weighted by Gasteiger charge is -2.41. The SMILES string of the molecule is CC(=O)N1c2ccc(C#N)cc2CC(C)C1C1CC1. The lowest BCUT2D eigenvalue weighted by molar-refractivity contribution is -0.117. The number of amides is 1. The van der Waals surface area contributed by atoms with E-state index >= 15 is 0 Å². The number of hydrogen-bond acceptors (Lipinski definition) is 2. The second-order valence-electron chi connectivity index (χ2n) is 5.85. The van der Waals surface area contributed by atoms with Crippen LogP contribution in [0.3, 0.4) is 0 Å². The van der Waals surface area contributed by atoms with Gasteiger partial charge in [0.2, 0.25) is 5.91 Å². The van der Waals surface area contributed by atoms with Crippen molar-refractivity contribution >= 4 is 11.6 Å². The molecular formula is C16H18N2O. The molecule has 0 spiro atoms. The summed E-state index contributed by atoms with van der Waals surface area (Å²) in [6.45, 7) is 3.87. The van der Waals surface area contributed by atoms with Gasteiger partial charge in [0, 0.05) is 18.7 Å². The average molecular weight is 254 g/mol. The first-order chi connectivity index (χ1) is 9.11. The molecule has 1 aromatic carbocycles. The van der Waals surface area contributed by atoms with E-state index in [0.29, 0.717) is 23.4 Å². The summed E-state index contributed by atoms with van der Waals surface area (Å²) in [6.07, 6.45) is 3.45. The Bertz CT molecular complexity index is 569. The number of carbonyl (C=O) groups excluding carboxylic acids is 1. The molecule has 1 saturated carbocycles. The molecule has 2 unspecified atom stereocenters. The van der Waals surface area contributed by atoms with E-state index in [1.165, 1.54) is 12.8 Å². The number of hydrogen-bond donors (Lipinski definition) is 0. The Morgan fingerprint density at radius 3 is 2.74 bits per heavy atom. The minimum absolute atomic E-state index is 0.120. The Morgan fingerprint density at radius 1 is 1.42 bits per heavy atom. The maximum absolute atomic E-state index is 12.1. The summed E-state index contributed by atoms with van der Waals surface area (Å²) < 4.78 is 0. The number of nitrogens with zero attached hydrogens (tertiary/aromatic N) is 2. The molecule has 1 heterocycles. The van der Waals surface area contributed by atoms with Gasteiger partial charge in [-0.2, -0.15) is 5.26 Å². The van der Waals surface area contributed by atoms with Crippen molar-refractivity contribution in [3.05, 3.63) is 29.3 Å². The smallest absolute Gasteiger partial charge is 0.224 e. The molecule has 1 amide bonds. The van der Waals surface area contributed by atoms with Crippen LogP contribution in [0, 0.1) is 23.2 Å². The van der Waals surface area contributed by atoms with Crippen molar-refractivity contribution in [2.75, 3.05) is 4.90 Å². The zero-order valence-corrected chi connectivity index (χ0v) is 11.4. The second kappa shape index (κ2) is 4.38. The summed E-state index contributed by atoms with van der Waals surface area (Å²) in [5.41, 5.74) is 2.83. The maximum atomic E-state index is 12.1. The largest absolute Gasteiger partial charge is 0.309 e. The topological polar surface area (TPSA) is 44.1 Å². The molecule has 3 heteroatoms. The van der Waals surface area contributed by atoms with E-state index in [4.69, 9.17) is 5.26 Å². The Morgan fingerprint density at radius 2 is 2.16 bits per heavy atom. The van der Waals surface area contributed by atoms with Crippen molar-refractivity contribution < 1.29 is 4.79 Å². The lowest BCUT2D eigenvalue weighted by Crippen LogP contribution is -2.48. The highest BCUT2D eigenvalue weighted by Gasteiger charge is 2.43. The van der Waals surface area contributed by atoms with E-state index in [9.17, 15) is 4.79 Å². The van der Waals surface area contributed by atoms with Gasteiger partial charge in [0.15, 0.2) is 0 Å². The molecule has 2 aliphatic rings. The van der Waals surface area contributed by atoms with Crippen LogP contribution in [0.15, 0.2) is 18.2 Å². The summed E-state index contributed by atoms with van der Waals surface area (Å²) in [5.74, 6) is 1.26. The van der Waals surface area contributed by atoms with Crippen LogP contribution in [-0.4, -0.2) is 11.9 Å². The maximum Gasteiger partial charge on any atom is 0.224 e. The highest BCUT2D eigenvalue weighted by atomic mass is 16.2. The van der Waals surface area contributed by atoms with Crippen molar-refractivity contribution in [1.29, 1.82) is 5.26 Å². The monoisotopic (exact) mass is 254 g/mol. The van der Waals surface area contributed by atoms with Gasteiger partial charge in [-0.25, -0.2) is 0 Å². The minimum Gasteiger partial charge on any atom is -0.309 e. The Labute approximate surface area is 113 Å². The third kappa shape index (κ3) is 2.02. The highest BCUT2D eigenvalue weighted by molar-refractivity contribution is 5.93. The first-order valence-corrected chi connectivity index (χ1v) is 6.94. The number of anilines is 1. The minimum atomic E-state index is 0.120. The Hall–Kier alpha value is -1.82. The summed E-state index contributed by atoms with van der Waals surface area (Å²) in [6, 6.07) is 8.21. The van der Waals surface area contributed by atoms with Crippen molar-refractivity contribution in [2.45, 2.75) is 39.2 Å². The van der Waals surface area contributed by atoms with Crippen LogP contribution < -0.4 is 4.90 Å². The van der Waals surface area contributed by atoms with Crippen LogP contribution in [0.1, 0.15) is 37.8 Å². The van der Waals surface area contributed by atoms with E-state index in [2.05, 4.69) is 13.0 Å². The van der Waals surface area contributed by atoms with E-state index in [0.717, 1.165) is 17.7 Å². The summed E-state index contributed by atoms with van der Waals surface area (Å²) >= 11 is 0. The molecule has 3 rings (SSSR count). The van der Waals surface area contributed by atoms with Crippen LogP contribution in [0.2, 0.25) is 0 Å². The van der Waals surface area contributed by atoms with Crippen molar-refractivity contribution in [2.24, 2.45) is 11.8 Å². The van der Waals surface area contributed by atoms with Crippen molar-refractivity contribution in [1.82, 2.24) is 0 Å². The summed E-state index contributed by atoms with van der Waals surface area (Å²) in [7, 11) is 0. The third-order valence-corrected chi connectivity index (χ3v) is 4.34. The van der Waals surface area contributed by atoms with Crippen molar-refractivity contribution in [3.8, 4) is 6.07 Å². The van der Waals surface area contributed by atoms with Crippen LogP contribution in [-0.2, 0) is 11.2 Å². The molecule has 1 aliphatic carbocycles. The van der Waals surface area contributed by atoms with E-state index in [1.54, 1.807) is 6.92 Å². The fourth-order valence-corrected chi connectivity index (χ4v) is 3.43. The van der Waals surface area contributed by atoms with Gasteiger partial charge in [0.05, 0.1) is 11.6 Å². The Kier molecular flexibility index (Phi) is 2.82. The zero-order valence-electron chi connectivity index (χ0n) is 11.4. The molecule has 0 saturated heterocycles. The third-order valence-electron chi connectivity index (χ3n) is 4.34. The predicted molar refractivity (Wildman–Crippen MR) is 73.7 cm³/mol. The van der Waals surface area contributed by atoms with Crippen LogP contribution in [0.4, 0.5) is 5.69 Å². The molecule has 0 radical (unpaired) electrons. The Balaban J connectivity index is 2.07. The lowest BCUT2D eigenvalue weighted by atomic mass is 9.83. The fourth-order valence-electron chi connectivity index (χ4n) is 3.43. The van der Waals surface area contributed by atoms with Gasteiger partial charge in [-0.05, 0) is 54.9 Å². The number of nitriles is 1. The van der Waals surface area contributed by atoms with Crippen LogP contribution in [0.5, 0.6) is 0 Å². The molecule has 2 atom stereocenters. The van der Waals surface area contributed by atoms with Gasteiger partial charge in [0.1, 0.15) is 0 Å². The standard InChI is InChI=1S/C16H18N2O/c1-10-7-14-8-12(9-17)3-6-15(14)18(11(2)19)16(10)13-4-5-13/h3,6,8,10,13,16H,4-5,7H2,1-2H3. The van der Waals surface area contributed by atoms with Gasteiger partial charge in [0.25, 0.3) is 0 Å².